The second kappa shape index (κ2) is 13.1. The van der Waals surface area contributed by atoms with Crippen molar-refractivity contribution in [3.8, 4) is 34.4 Å². The summed E-state index contributed by atoms with van der Waals surface area (Å²) in [5.41, 5.74) is -0.693. The van der Waals surface area contributed by atoms with Crippen LogP contribution in [0.3, 0.4) is 0 Å². The maximum absolute atomic E-state index is 15.5. The highest BCUT2D eigenvalue weighted by Gasteiger charge is 2.25. The molecule has 0 saturated heterocycles. The number of anilines is 1. The number of aromatic nitrogens is 3. The Morgan fingerprint density at radius 1 is 1.06 bits per heavy atom. The molecule has 0 saturated carbocycles. The topological polar surface area (TPSA) is 143 Å². The fraction of sp³-hybridized carbons (Fsp3) is 0.121. The van der Waals surface area contributed by atoms with Crippen LogP contribution in [0.1, 0.15) is 5.56 Å². The lowest BCUT2D eigenvalue weighted by molar-refractivity contribution is -0.137. The third kappa shape index (κ3) is 6.18. The average Bonchev–Trinajstić information content (AvgIpc) is 3.07. The smallest absolute Gasteiger partial charge is 0.336 e. The normalized spacial score (nSPS) is 12.0. The number of carboxylic acids is 1. The number of carbonyl (C=O) groups is 1. The zero-order valence-electron chi connectivity index (χ0n) is 24.8. The highest BCUT2D eigenvalue weighted by atomic mass is 127. The van der Waals surface area contributed by atoms with E-state index in [1.165, 1.54) is 25.4 Å². The Balaban J connectivity index is 1.31. The molecule has 0 radical (unpaired) electrons. The fourth-order valence-corrected chi connectivity index (χ4v) is 5.88. The number of aliphatic carboxylic acids is 1. The van der Waals surface area contributed by atoms with Gasteiger partial charge < -0.3 is 29.4 Å². The van der Waals surface area contributed by atoms with Gasteiger partial charge in [-0.1, -0.05) is 31.8 Å². The third-order valence-electron chi connectivity index (χ3n) is 7.14. The number of hydrogen-bond acceptors (Lipinski definition) is 9. The SMILES string of the molecule is C=Ic1ccc(-n2c(=O)c(C(=C)Nc3ccc(Oc4ccnc5cc(OC)c6c(c45)OCCO6)c(F)c3)cn(CC(=O)O)c2=O)cc1. The predicted molar refractivity (Wildman–Crippen MR) is 182 cm³/mol. The molecule has 0 fully saturated rings. The van der Waals surface area contributed by atoms with E-state index in [9.17, 15) is 19.5 Å². The van der Waals surface area contributed by atoms with Gasteiger partial charge >= 0.3 is 11.7 Å². The molecular formula is C33H26FIN4O8. The molecule has 240 valence electrons. The van der Waals surface area contributed by atoms with Gasteiger partial charge in [-0.25, -0.2) is 13.8 Å². The number of benzene rings is 3. The van der Waals surface area contributed by atoms with Crippen LogP contribution < -0.4 is 35.5 Å². The Morgan fingerprint density at radius 2 is 1.81 bits per heavy atom. The summed E-state index contributed by atoms with van der Waals surface area (Å²) in [6, 6.07) is 14.0. The summed E-state index contributed by atoms with van der Waals surface area (Å²) in [7, 11) is 1.51. The van der Waals surface area contributed by atoms with Crippen LogP contribution in [0.25, 0.3) is 22.3 Å². The molecule has 47 heavy (non-hydrogen) atoms. The molecule has 14 heteroatoms. The summed E-state index contributed by atoms with van der Waals surface area (Å²) in [4.78, 5) is 42.6. The number of pyridine rings is 1. The quantitative estimate of drug-likeness (QED) is 0.187. The summed E-state index contributed by atoms with van der Waals surface area (Å²) in [6.07, 6.45) is 2.63. The first-order chi connectivity index (χ1) is 22.7. The van der Waals surface area contributed by atoms with Crippen molar-refractivity contribution in [3.05, 3.63) is 109 Å². The van der Waals surface area contributed by atoms with Gasteiger partial charge in [0.15, 0.2) is 23.1 Å². The molecule has 6 rings (SSSR count). The molecule has 12 nitrogen and oxygen atoms in total. The Labute approximate surface area is 276 Å². The third-order valence-corrected chi connectivity index (χ3v) is 8.74. The summed E-state index contributed by atoms with van der Waals surface area (Å²) < 4.78 is 45.2. The Morgan fingerprint density at radius 3 is 2.49 bits per heavy atom. The lowest BCUT2D eigenvalue weighted by atomic mass is 10.1. The number of halogens is 2. The molecule has 0 atom stereocenters. The standard InChI is InChI=1S/C33H26FIN4O8/c1-18(22-16-38(17-28(40)41)33(43)39(32(22)42)21-7-4-19(35-2)5-8-21)37-20-6-9-25(23(34)14-20)47-26-10-11-36-24-15-27(44-3)30-31(29(24)26)46-13-12-45-30/h4-11,14-16,37H,1-2,12-13,17H2,3H3,(H,40,41). The number of carboxylic acid groups (broad SMARTS) is 1. The van der Waals surface area contributed by atoms with Gasteiger partial charge in [0, 0.05) is 39.5 Å². The molecule has 0 unspecified atom stereocenters. The summed E-state index contributed by atoms with van der Waals surface area (Å²) in [5, 5.41) is 12.8. The van der Waals surface area contributed by atoms with E-state index in [4.69, 9.17) is 18.9 Å². The Bertz CT molecular complexity index is 2200. The number of rotatable bonds is 10. The van der Waals surface area contributed by atoms with E-state index in [2.05, 4.69) is 21.4 Å². The van der Waals surface area contributed by atoms with E-state index < -0.39 is 50.3 Å². The minimum absolute atomic E-state index is 0.00838. The van der Waals surface area contributed by atoms with Crippen molar-refractivity contribution in [1.29, 1.82) is 0 Å². The largest absolute Gasteiger partial charge is 0.493 e. The maximum atomic E-state index is 15.5. The minimum atomic E-state index is -1.28. The van der Waals surface area contributed by atoms with Crippen LogP contribution in [0.5, 0.6) is 28.7 Å². The van der Waals surface area contributed by atoms with Crippen LogP contribution in [0.4, 0.5) is 10.1 Å². The van der Waals surface area contributed by atoms with Gasteiger partial charge in [0.05, 0.1) is 29.3 Å². The molecule has 0 spiro atoms. The van der Waals surface area contributed by atoms with E-state index in [0.717, 1.165) is 25.0 Å². The van der Waals surface area contributed by atoms with Crippen LogP contribution in [0.15, 0.2) is 83.2 Å². The van der Waals surface area contributed by atoms with Gasteiger partial charge in [-0.15, -0.1) is 0 Å². The lowest BCUT2D eigenvalue weighted by Crippen LogP contribution is -2.41. The number of nitrogens with zero attached hydrogens (tertiary/aromatic N) is 3. The molecule has 3 aromatic carbocycles. The number of hydrogen-bond donors (Lipinski definition) is 2. The molecule has 0 bridgehead atoms. The van der Waals surface area contributed by atoms with Gasteiger partial charge in [0.1, 0.15) is 25.5 Å². The average molecular weight is 752 g/mol. The molecule has 0 amide bonds. The van der Waals surface area contributed by atoms with Crippen LogP contribution in [-0.2, 0) is 11.3 Å². The zero-order chi connectivity index (χ0) is 33.2. The van der Waals surface area contributed by atoms with Crippen LogP contribution in [0, 0.1) is 9.39 Å². The minimum Gasteiger partial charge on any atom is -0.493 e. The van der Waals surface area contributed by atoms with E-state index in [-0.39, 0.29) is 34.1 Å². The van der Waals surface area contributed by atoms with Gasteiger partial charge in [-0.05, 0) is 42.5 Å². The molecule has 2 N–H and O–H groups in total. The van der Waals surface area contributed by atoms with Crippen molar-refractivity contribution < 1.29 is 33.2 Å². The van der Waals surface area contributed by atoms with Crippen molar-refractivity contribution in [2.75, 3.05) is 25.6 Å². The first-order valence-corrected chi connectivity index (χ1v) is 16.5. The molecule has 2 aromatic heterocycles. The van der Waals surface area contributed by atoms with Gasteiger partial charge in [0.2, 0.25) is 5.75 Å². The first-order valence-electron chi connectivity index (χ1n) is 13.9. The van der Waals surface area contributed by atoms with E-state index in [0.29, 0.717) is 41.4 Å². The monoisotopic (exact) mass is 752 g/mol. The van der Waals surface area contributed by atoms with Crippen LogP contribution in [0.2, 0.25) is 0 Å². The summed E-state index contributed by atoms with van der Waals surface area (Å²) in [6.45, 7) is 3.85. The Kier molecular flexibility index (Phi) is 8.76. The van der Waals surface area contributed by atoms with E-state index >= 15 is 4.39 Å². The lowest BCUT2D eigenvalue weighted by Gasteiger charge is -2.23. The first kappa shape index (κ1) is 31.5. The van der Waals surface area contributed by atoms with E-state index in [1.54, 1.807) is 36.4 Å². The molecular weight excluding hydrogens is 726 g/mol. The van der Waals surface area contributed by atoms with Crippen molar-refractivity contribution in [2.45, 2.75) is 6.54 Å². The second-order valence-corrected chi connectivity index (χ2v) is 12.1. The number of fused-ring (bicyclic) bond motifs is 3. The maximum Gasteiger partial charge on any atom is 0.336 e. The summed E-state index contributed by atoms with van der Waals surface area (Å²) in [5.74, 6) is -0.648. The highest BCUT2D eigenvalue weighted by Crippen LogP contribution is 2.48. The second-order valence-electron chi connectivity index (χ2n) is 10.1. The highest BCUT2D eigenvalue weighted by molar-refractivity contribution is 14.2. The van der Waals surface area contributed by atoms with Crippen molar-refractivity contribution in [3.63, 3.8) is 0 Å². The van der Waals surface area contributed by atoms with Crippen LogP contribution >= 0.6 is 20.7 Å². The molecule has 3 heterocycles. The fourth-order valence-electron chi connectivity index (χ4n) is 5.01. The number of nitrogens with one attached hydrogen (secondary N) is 1. The van der Waals surface area contributed by atoms with Crippen molar-refractivity contribution in [1.82, 2.24) is 14.1 Å². The van der Waals surface area contributed by atoms with Crippen molar-refractivity contribution >= 4 is 53.5 Å². The summed E-state index contributed by atoms with van der Waals surface area (Å²) >= 11 is -0.467. The van der Waals surface area contributed by atoms with Gasteiger partial charge in [0.25, 0.3) is 5.56 Å². The number of ether oxygens (including phenoxy) is 4. The molecule has 0 aliphatic carbocycles. The zero-order valence-corrected chi connectivity index (χ0v) is 26.9. The molecule has 1 aliphatic heterocycles. The van der Waals surface area contributed by atoms with Gasteiger partial charge in [-0.3, -0.25) is 19.1 Å². The van der Waals surface area contributed by atoms with E-state index in [1.807, 2.05) is 0 Å². The van der Waals surface area contributed by atoms with Crippen LogP contribution in [-0.4, -0.2) is 50.0 Å². The predicted octanol–water partition coefficient (Wildman–Crippen LogP) is 5.00. The van der Waals surface area contributed by atoms with Gasteiger partial charge in [-0.2, -0.15) is 0 Å². The molecule has 1 aliphatic rings. The Hall–Kier alpha value is -5.51. The van der Waals surface area contributed by atoms with Crippen molar-refractivity contribution in [2.24, 2.45) is 0 Å². The molecule has 5 aromatic rings. The number of methoxy groups -OCH3 is 1.